The van der Waals surface area contributed by atoms with E-state index in [-0.39, 0.29) is 11.4 Å². The van der Waals surface area contributed by atoms with Crippen LogP contribution in [0.1, 0.15) is 18.3 Å². The number of rotatable bonds is 4. The second kappa shape index (κ2) is 5.86. The average molecular weight is 280 g/mol. The molecule has 5 nitrogen and oxygen atoms in total. The lowest BCUT2D eigenvalue weighted by Gasteiger charge is -2.08. The maximum atomic E-state index is 11.4. The third-order valence-corrected chi connectivity index (χ3v) is 2.84. The molecule has 0 saturated carbocycles. The van der Waals surface area contributed by atoms with Gasteiger partial charge in [0.2, 0.25) is 5.88 Å². The number of hydrogen-bond acceptors (Lipinski definition) is 4. The topological polar surface area (TPSA) is 81.0 Å². The fourth-order valence-electron chi connectivity index (χ4n) is 1.57. The third-order valence-electron chi connectivity index (χ3n) is 2.55. The molecular formula is C13H14ClN3O2. The van der Waals surface area contributed by atoms with Crippen molar-refractivity contribution in [3.63, 3.8) is 0 Å². The number of ether oxygens (including phenoxy) is 1. The molecule has 0 saturated heterocycles. The highest BCUT2D eigenvalue weighted by Gasteiger charge is 2.07. The summed E-state index contributed by atoms with van der Waals surface area (Å²) in [7, 11) is 0. The molecule has 0 atom stereocenters. The van der Waals surface area contributed by atoms with Crippen LogP contribution in [-0.2, 0) is 13.0 Å². The highest BCUT2D eigenvalue weighted by atomic mass is 35.5. The van der Waals surface area contributed by atoms with Gasteiger partial charge < -0.3 is 15.5 Å². The maximum absolute atomic E-state index is 11.4. The minimum Gasteiger partial charge on any atom is -0.437 e. The summed E-state index contributed by atoms with van der Waals surface area (Å²) >= 11 is 6.08. The SMILES string of the molecule is CCc1nc(Oc2ccc(CN)cc2Cl)cc(=O)[nH]1. The molecule has 0 radical (unpaired) electrons. The van der Waals surface area contributed by atoms with Gasteiger partial charge in [0.1, 0.15) is 11.6 Å². The summed E-state index contributed by atoms with van der Waals surface area (Å²) in [5, 5.41) is 0.433. The molecule has 19 heavy (non-hydrogen) atoms. The van der Waals surface area contributed by atoms with Gasteiger partial charge in [-0.3, -0.25) is 4.79 Å². The number of halogens is 1. The Labute approximate surface area is 115 Å². The van der Waals surface area contributed by atoms with Gasteiger partial charge in [-0.2, -0.15) is 4.98 Å². The van der Waals surface area contributed by atoms with E-state index in [0.717, 1.165) is 5.56 Å². The van der Waals surface area contributed by atoms with E-state index in [0.29, 0.717) is 29.6 Å². The number of nitrogens with one attached hydrogen (secondary N) is 1. The van der Waals surface area contributed by atoms with Crippen molar-refractivity contribution < 1.29 is 4.74 Å². The average Bonchev–Trinajstić information content (AvgIpc) is 2.40. The van der Waals surface area contributed by atoms with E-state index in [4.69, 9.17) is 22.1 Å². The van der Waals surface area contributed by atoms with E-state index in [9.17, 15) is 4.79 Å². The van der Waals surface area contributed by atoms with Crippen LogP contribution in [0.2, 0.25) is 5.02 Å². The van der Waals surface area contributed by atoms with Crippen molar-refractivity contribution >= 4 is 11.6 Å². The molecule has 2 aromatic rings. The van der Waals surface area contributed by atoms with E-state index < -0.39 is 0 Å². The molecule has 1 heterocycles. The predicted molar refractivity (Wildman–Crippen MR) is 73.7 cm³/mol. The zero-order valence-corrected chi connectivity index (χ0v) is 11.2. The normalized spacial score (nSPS) is 10.5. The number of aromatic amines is 1. The van der Waals surface area contributed by atoms with Gasteiger partial charge in [-0.1, -0.05) is 24.6 Å². The molecule has 0 amide bonds. The van der Waals surface area contributed by atoms with Crippen molar-refractivity contribution in [1.29, 1.82) is 0 Å². The molecule has 0 aliphatic carbocycles. The standard InChI is InChI=1S/C13H14ClN3O2/c1-2-11-16-12(18)6-13(17-11)19-10-4-3-8(7-15)5-9(10)14/h3-6H,2,7,15H2,1H3,(H,16,17,18). The highest BCUT2D eigenvalue weighted by molar-refractivity contribution is 6.32. The molecule has 0 fully saturated rings. The quantitative estimate of drug-likeness (QED) is 0.899. The Morgan fingerprint density at radius 1 is 1.42 bits per heavy atom. The van der Waals surface area contributed by atoms with Gasteiger partial charge >= 0.3 is 0 Å². The van der Waals surface area contributed by atoms with E-state index in [1.54, 1.807) is 12.1 Å². The minimum atomic E-state index is -0.253. The monoisotopic (exact) mass is 279 g/mol. The highest BCUT2D eigenvalue weighted by Crippen LogP contribution is 2.28. The largest absolute Gasteiger partial charge is 0.437 e. The summed E-state index contributed by atoms with van der Waals surface area (Å²) in [4.78, 5) is 18.2. The van der Waals surface area contributed by atoms with E-state index in [1.807, 2.05) is 13.0 Å². The summed E-state index contributed by atoms with van der Waals surface area (Å²) in [5.74, 6) is 1.24. The fraction of sp³-hybridized carbons (Fsp3) is 0.231. The number of benzene rings is 1. The second-order valence-corrected chi connectivity index (χ2v) is 4.36. The number of H-pyrrole nitrogens is 1. The van der Waals surface area contributed by atoms with Gasteiger partial charge in [0.15, 0.2) is 0 Å². The number of aryl methyl sites for hydroxylation is 1. The Kier molecular flexibility index (Phi) is 4.19. The van der Waals surface area contributed by atoms with Crippen molar-refractivity contribution in [3.8, 4) is 11.6 Å². The first-order valence-electron chi connectivity index (χ1n) is 5.89. The van der Waals surface area contributed by atoms with Crippen molar-refractivity contribution in [2.45, 2.75) is 19.9 Å². The number of nitrogens with two attached hydrogens (primary N) is 1. The molecule has 1 aromatic heterocycles. The summed E-state index contributed by atoms with van der Waals surface area (Å²) in [6, 6.07) is 6.53. The van der Waals surface area contributed by atoms with Gasteiger partial charge in [0.05, 0.1) is 11.1 Å². The Morgan fingerprint density at radius 2 is 2.21 bits per heavy atom. The van der Waals surface area contributed by atoms with Crippen LogP contribution >= 0.6 is 11.6 Å². The van der Waals surface area contributed by atoms with Crippen molar-refractivity contribution in [2.24, 2.45) is 5.73 Å². The Hall–Kier alpha value is -1.85. The van der Waals surface area contributed by atoms with E-state index >= 15 is 0 Å². The molecule has 0 bridgehead atoms. The van der Waals surface area contributed by atoms with Crippen molar-refractivity contribution in [3.05, 3.63) is 51.0 Å². The van der Waals surface area contributed by atoms with Crippen molar-refractivity contribution in [2.75, 3.05) is 0 Å². The van der Waals surface area contributed by atoms with E-state index in [1.165, 1.54) is 6.07 Å². The van der Waals surface area contributed by atoms with Crippen LogP contribution in [-0.4, -0.2) is 9.97 Å². The van der Waals surface area contributed by atoms with Crippen LogP contribution < -0.4 is 16.0 Å². The van der Waals surface area contributed by atoms with Crippen LogP contribution in [0.15, 0.2) is 29.1 Å². The van der Waals surface area contributed by atoms with Crippen LogP contribution in [0.25, 0.3) is 0 Å². The maximum Gasteiger partial charge on any atom is 0.254 e. The summed E-state index contributed by atoms with van der Waals surface area (Å²) in [6.45, 7) is 2.30. The number of hydrogen-bond donors (Lipinski definition) is 2. The molecular weight excluding hydrogens is 266 g/mol. The first kappa shape index (κ1) is 13.6. The van der Waals surface area contributed by atoms with Crippen LogP contribution in [0, 0.1) is 0 Å². The molecule has 3 N–H and O–H groups in total. The Bertz CT molecular complexity index is 640. The summed E-state index contributed by atoms with van der Waals surface area (Å²) < 4.78 is 5.53. The van der Waals surface area contributed by atoms with Crippen LogP contribution in [0.5, 0.6) is 11.6 Å². The Balaban J connectivity index is 2.30. The molecule has 1 aromatic carbocycles. The zero-order chi connectivity index (χ0) is 13.8. The molecule has 2 rings (SSSR count). The smallest absolute Gasteiger partial charge is 0.254 e. The fourth-order valence-corrected chi connectivity index (χ4v) is 1.81. The van der Waals surface area contributed by atoms with Gasteiger partial charge in [-0.15, -0.1) is 0 Å². The lowest BCUT2D eigenvalue weighted by atomic mass is 10.2. The first-order valence-corrected chi connectivity index (χ1v) is 6.26. The zero-order valence-electron chi connectivity index (χ0n) is 10.4. The Morgan fingerprint density at radius 3 is 2.84 bits per heavy atom. The van der Waals surface area contributed by atoms with Crippen LogP contribution in [0.4, 0.5) is 0 Å². The molecule has 0 unspecified atom stereocenters. The predicted octanol–water partition coefficient (Wildman–Crippen LogP) is 2.24. The molecule has 6 heteroatoms. The van der Waals surface area contributed by atoms with E-state index in [2.05, 4.69) is 9.97 Å². The lowest BCUT2D eigenvalue weighted by Crippen LogP contribution is -2.10. The van der Waals surface area contributed by atoms with Gasteiger partial charge in [-0.25, -0.2) is 0 Å². The summed E-state index contributed by atoms with van der Waals surface area (Å²) in [5.41, 5.74) is 6.18. The minimum absolute atomic E-state index is 0.225. The third kappa shape index (κ3) is 3.33. The van der Waals surface area contributed by atoms with Gasteiger partial charge in [-0.05, 0) is 17.7 Å². The second-order valence-electron chi connectivity index (χ2n) is 3.95. The lowest BCUT2D eigenvalue weighted by molar-refractivity contribution is 0.457. The molecule has 0 spiro atoms. The number of nitrogens with zero attached hydrogens (tertiary/aromatic N) is 1. The van der Waals surface area contributed by atoms with Crippen molar-refractivity contribution in [1.82, 2.24) is 9.97 Å². The van der Waals surface area contributed by atoms with Crippen LogP contribution in [0.3, 0.4) is 0 Å². The number of aromatic nitrogens is 2. The molecule has 100 valence electrons. The first-order chi connectivity index (χ1) is 9.12. The molecule has 0 aliphatic rings. The van der Waals surface area contributed by atoms with Gasteiger partial charge in [0, 0.05) is 13.0 Å². The van der Waals surface area contributed by atoms with Gasteiger partial charge in [0.25, 0.3) is 5.56 Å². The molecule has 0 aliphatic heterocycles. The summed E-state index contributed by atoms with van der Waals surface area (Å²) in [6.07, 6.45) is 0.617.